The molecular formula is C30H51ClN4O2. The molecule has 0 heterocycles. The van der Waals surface area contributed by atoms with Crippen LogP contribution >= 0.6 is 12.4 Å². The van der Waals surface area contributed by atoms with Gasteiger partial charge in [0.25, 0.3) is 0 Å². The molecule has 3 rings (SSSR count). The summed E-state index contributed by atoms with van der Waals surface area (Å²) in [5, 5.41) is 2.69. The molecule has 0 aliphatic heterocycles. The Morgan fingerprint density at radius 2 is 1.11 bits per heavy atom. The molecule has 0 aliphatic carbocycles. The Balaban J connectivity index is -0.000000211. The van der Waals surface area contributed by atoms with Gasteiger partial charge in [-0.15, -0.1) is 12.4 Å². The first-order valence-corrected chi connectivity index (χ1v) is 12.6. The Morgan fingerprint density at radius 1 is 0.730 bits per heavy atom. The van der Waals surface area contributed by atoms with Crippen LogP contribution in [-0.2, 0) is 11.3 Å². The Labute approximate surface area is 232 Å². The lowest BCUT2D eigenvalue weighted by atomic mass is 10.2. The highest BCUT2D eigenvalue weighted by Gasteiger charge is 2.15. The summed E-state index contributed by atoms with van der Waals surface area (Å²) in [5.74, 6) is 5.10. The van der Waals surface area contributed by atoms with Gasteiger partial charge in [0.15, 0.2) is 0 Å². The fraction of sp³-hybridized carbons (Fsp3) is 0.367. The van der Waals surface area contributed by atoms with E-state index in [0.717, 1.165) is 16.9 Å². The zero-order valence-electron chi connectivity index (χ0n) is 24.2. The first-order valence-electron chi connectivity index (χ1n) is 12.6. The molecular weight excluding hydrogens is 484 g/mol. The van der Waals surface area contributed by atoms with Crippen LogP contribution in [0.3, 0.4) is 0 Å². The van der Waals surface area contributed by atoms with Crippen molar-refractivity contribution in [2.24, 2.45) is 5.84 Å². The number of para-hydroxylation sites is 2. The molecule has 3 aromatic carbocycles. The van der Waals surface area contributed by atoms with Gasteiger partial charge >= 0.3 is 6.09 Å². The maximum Gasteiger partial charge on any atom is 0.407 e. The van der Waals surface area contributed by atoms with Crippen molar-refractivity contribution in [2.45, 2.75) is 74.5 Å². The normalized spacial score (nSPS) is 8.38. The van der Waals surface area contributed by atoms with Gasteiger partial charge in [0.1, 0.15) is 5.60 Å². The maximum absolute atomic E-state index is 11.3. The summed E-state index contributed by atoms with van der Waals surface area (Å²) >= 11 is 0. The summed E-state index contributed by atoms with van der Waals surface area (Å²) < 4.78 is 5.11. The molecule has 37 heavy (non-hydrogen) atoms. The van der Waals surface area contributed by atoms with E-state index in [1.54, 1.807) is 0 Å². The van der Waals surface area contributed by atoms with Crippen LogP contribution in [-0.4, -0.2) is 11.7 Å². The SMILES string of the molecule is CC.CC.CC.CC(C)(C)OC(=O)NCc1ccccc1.Cl.NNc1ccccc1.Nc1ccccc1. The highest BCUT2D eigenvalue weighted by Crippen LogP contribution is 2.07. The molecule has 0 saturated carbocycles. The molecule has 0 fully saturated rings. The van der Waals surface area contributed by atoms with Crippen molar-refractivity contribution in [3.05, 3.63) is 96.6 Å². The topological polar surface area (TPSA) is 102 Å². The monoisotopic (exact) mass is 534 g/mol. The van der Waals surface area contributed by atoms with Gasteiger partial charge in [0.2, 0.25) is 0 Å². The van der Waals surface area contributed by atoms with Gasteiger partial charge < -0.3 is 21.2 Å². The minimum Gasteiger partial charge on any atom is -0.444 e. The van der Waals surface area contributed by atoms with Crippen LogP contribution in [0.5, 0.6) is 0 Å². The Morgan fingerprint density at radius 3 is 1.41 bits per heavy atom. The molecule has 1 amide bonds. The van der Waals surface area contributed by atoms with E-state index in [-0.39, 0.29) is 18.5 Å². The number of ether oxygens (including phenoxy) is 1. The standard InChI is InChI=1S/C12H17NO2.C6H8N2.C6H7N.3C2H6.ClH/c1-12(2,3)15-11(14)13-9-10-7-5-4-6-8-10;7-8-6-4-2-1-3-5-6;7-6-4-2-1-3-5-6;3*1-2;/h4-8H,9H2,1-3H3,(H,13,14);1-5,8H,7H2;1-5H,7H2;3*1-2H3;1H. The second-order valence-electron chi connectivity index (χ2n) is 7.26. The van der Waals surface area contributed by atoms with Gasteiger partial charge in [-0.2, -0.15) is 0 Å². The molecule has 0 saturated heterocycles. The van der Waals surface area contributed by atoms with E-state index < -0.39 is 5.60 Å². The third-order valence-electron chi connectivity index (χ3n) is 3.42. The van der Waals surface area contributed by atoms with Crippen LogP contribution in [0, 0.1) is 0 Å². The molecule has 3 aromatic rings. The maximum atomic E-state index is 11.3. The van der Waals surface area contributed by atoms with Gasteiger partial charge in [0.05, 0.1) is 0 Å². The number of hydrazine groups is 1. The van der Waals surface area contributed by atoms with Crippen LogP contribution in [0.15, 0.2) is 91.0 Å². The second kappa shape index (κ2) is 29.0. The predicted octanol–water partition coefficient (Wildman–Crippen LogP) is 8.45. The van der Waals surface area contributed by atoms with E-state index >= 15 is 0 Å². The smallest absolute Gasteiger partial charge is 0.407 e. The van der Waals surface area contributed by atoms with Crippen molar-refractivity contribution in [3.8, 4) is 0 Å². The van der Waals surface area contributed by atoms with Crippen molar-refractivity contribution in [3.63, 3.8) is 0 Å². The number of benzene rings is 3. The largest absolute Gasteiger partial charge is 0.444 e. The third-order valence-corrected chi connectivity index (χ3v) is 3.42. The van der Waals surface area contributed by atoms with E-state index in [0.29, 0.717) is 6.54 Å². The number of hydrogen-bond donors (Lipinski definition) is 4. The van der Waals surface area contributed by atoms with Gasteiger partial charge in [0, 0.05) is 17.9 Å². The van der Waals surface area contributed by atoms with E-state index in [1.807, 2.05) is 153 Å². The number of anilines is 2. The Hall–Kier alpha value is -3.22. The fourth-order valence-electron chi connectivity index (χ4n) is 2.07. The van der Waals surface area contributed by atoms with Crippen LogP contribution in [0.1, 0.15) is 67.9 Å². The summed E-state index contributed by atoms with van der Waals surface area (Å²) in [6.45, 7) is 18.0. The van der Waals surface area contributed by atoms with Gasteiger partial charge in [-0.25, -0.2) is 4.79 Å². The number of rotatable bonds is 3. The predicted molar refractivity (Wildman–Crippen MR) is 166 cm³/mol. The van der Waals surface area contributed by atoms with Crippen molar-refractivity contribution in [1.82, 2.24) is 5.32 Å². The number of nitrogens with one attached hydrogen (secondary N) is 2. The third kappa shape index (κ3) is 28.9. The number of hydrogen-bond acceptors (Lipinski definition) is 5. The number of carbonyl (C=O) groups is 1. The van der Waals surface area contributed by atoms with Gasteiger partial charge in [-0.3, -0.25) is 5.84 Å². The summed E-state index contributed by atoms with van der Waals surface area (Å²) in [7, 11) is 0. The fourth-order valence-corrected chi connectivity index (χ4v) is 2.07. The number of alkyl carbamates (subject to hydrolysis) is 1. The first-order chi connectivity index (χ1) is 17.3. The quantitative estimate of drug-likeness (QED) is 0.153. The average molecular weight is 535 g/mol. The van der Waals surface area contributed by atoms with E-state index in [2.05, 4.69) is 10.7 Å². The lowest BCUT2D eigenvalue weighted by Gasteiger charge is -2.19. The minimum absolute atomic E-state index is 0. The Kier molecular flexibility index (Phi) is 32.1. The highest BCUT2D eigenvalue weighted by molar-refractivity contribution is 5.85. The van der Waals surface area contributed by atoms with E-state index in [1.165, 1.54) is 0 Å². The number of nitrogen functional groups attached to an aromatic ring is 2. The molecule has 6 N–H and O–H groups in total. The van der Waals surface area contributed by atoms with E-state index in [9.17, 15) is 4.79 Å². The van der Waals surface area contributed by atoms with Crippen LogP contribution in [0.25, 0.3) is 0 Å². The van der Waals surface area contributed by atoms with Crippen molar-refractivity contribution < 1.29 is 9.53 Å². The van der Waals surface area contributed by atoms with Crippen LogP contribution in [0.4, 0.5) is 16.2 Å². The molecule has 0 atom stereocenters. The van der Waals surface area contributed by atoms with Crippen molar-refractivity contribution in [2.75, 3.05) is 11.2 Å². The average Bonchev–Trinajstić information content (AvgIpc) is 2.92. The number of amides is 1. The zero-order valence-corrected chi connectivity index (χ0v) is 25.1. The first kappa shape index (κ1) is 40.9. The molecule has 7 heteroatoms. The highest BCUT2D eigenvalue weighted by atomic mass is 35.5. The van der Waals surface area contributed by atoms with Crippen LogP contribution < -0.4 is 22.3 Å². The van der Waals surface area contributed by atoms with Crippen molar-refractivity contribution in [1.29, 1.82) is 0 Å². The van der Waals surface area contributed by atoms with Crippen molar-refractivity contribution >= 4 is 29.9 Å². The summed E-state index contributed by atoms with van der Waals surface area (Å²) in [6, 6.07) is 28.8. The Bertz CT molecular complexity index is 828. The van der Waals surface area contributed by atoms with Gasteiger partial charge in [-0.05, 0) is 50.6 Å². The molecule has 0 spiro atoms. The molecule has 210 valence electrons. The van der Waals surface area contributed by atoms with E-state index in [4.69, 9.17) is 16.3 Å². The second-order valence-corrected chi connectivity index (χ2v) is 7.26. The molecule has 0 aliphatic rings. The zero-order chi connectivity index (χ0) is 28.2. The number of nitrogens with two attached hydrogens (primary N) is 2. The summed E-state index contributed by atoms with van der Waals surface area (Å²) in [6.07, 6.45) is -0.383. The number of carbonyl (C=O) groups excluding carboxylic acids is 1. The van der Waals surface area contributed by atoms with Gasteiger partial charge in [-0.1, -0.05) is 108 Å². The lowest BCUT2D eigenvalue weighted by Crippen LogP contribution is -2.32. The molecule has 6 nitrogen and oxygen atoms in total. The van der Waals surface area contributed by atoms with Crippen LogP contribution in [0.2, 0.25) is 0 Å². The molecule has 0 unspecified atom stereocenters. The molecule has 0 aromatic heterocycles. The number of halogens is 1. The summed E-state index contributed by atoms with van der Waals surface area (Å²) in [4.78, 5) is 11.3. The lowest BCUT2D eigenvalue weighted by molar-refractivity contribution is 0.0523. The molecule has 0 radical (unpaired) electrons. The molecule has 0 bridgehead atoms. The summed E-state index contributed by atoms with van der Waals surface area (Å²) in [5.41, 5.74) is 10.3. The minimum atomic E-state index is -0.444.